The molecule has 3 aromatic rings. The zero-order valence-corrected chi connectivity index (χ0v) is 17.4. The normalized spacial score (nSPS) is 14.8. The standard InChI is InChI=1S/C19H22N6OS2/c1-26-17-4-2-15(3-5-17)21-18-22-25(19(27)28-18)14-23-10-12-24(13-11-23)16-6-8-20-9-7-16/h2-9H,10-14H2,1H3,(H,21,22)/p+2. The summed E-state index contributed by atoms with van der Waals surface area (Å²) in [5.41, 5.74) is 2.24. The largest absolute Gasteiger partial charge is 0.497 e. The lowest BCUT2D eigenvalue weighted by molar-refractivity contribution is -0.924. The van der Waals surface area contributed by atoms with Crippen LogP contribution in [0.5, 0.6) is 5.75 Å². The van der Waals surface area contributed by atoms with Crippen LogP contribution in [0, 0.1) is 3.95 Å². The van der Waals surface area contributed by atoms with Crippen LogP contribution in [-0.4, -0.2) is 43.1 Å². The Balaban J connectivity index is 1.35. The summed E-state index contributed by atoms with van der Waals surface area (Å²) in [6, 6.07) is 12.0. The fourth-order valence-corrected chi connectivity index (χ4v) is 4.32. The Morgan fingerprint density at radius 3 is 2.57 bits per heavy atom. The summed E-state index contributed by atoms with van der Waals surface area (Å²) in [6.45, 7) is 5.01. The average Bonchev–Trinajstić information content (AvgIpc) is 3.08. The van der Waals surface area contributed by atoms with Crippen molar-refractivity contribution in [2.24, 2.45) is 0 Å². The summed E-state index contributed by atoms with van der Waals surface area (Å²) in [5, 5.41) is 8.81. The number of nitrogens with zero attached hydrogens (tertiary/aromatic N) is 3. The van der Waals surface area contributed by atoms with Crippen molar-refractivity contribution in [3.63, 3.8) is 0 Å². The molecule has 3 N–H and O–H groups in total. The molecule has 1 aliphatic heterocycles. The third-order valence-corrected chi connectivity index (χ3v) is 6.08. The van der Waals surface area contributed by atoms with Gasteiger partial charge in [0.25, 0.3) is 0 Å². The maximum atomic E-state index is 5.53. The number of aromatic nitrogens is 3. The highest BCUT2D eigenvalue weighted by atomic mass is 32.1. The number of H-pyrrole nitrogens is 1. The van der Waals surface area contributed by atoms with Gasteiger partial charge in [0.05, 0.1) is 33.3 Å². The second kappa shape index (κ2) is 8.68. The van der Waals surface area contributed by atoms with Gasteiger partial charge in [0, 0.05) is 23.5 Å². The van der Waals surface area contributed by atoms with E-state index in [2.05, 4.69) is 32.4 Å². The molecular formula is C19H24N6OS2+2. The van der Waals surface area contributed by atoms with Gasteiger partial charge in [-0.25, -0.2) is 4.98 Å². The Bertz CT molecular complexity index is 949. The summed E-state index contributed by atoms with van der Waals surface area (Å²) in [7, 11) is 1.66. The predicted molar refractivity (Wildman–Crippen MR) is 113 cm³/mol. The minimum Gasteiger partial charge on any atom is -0.497 e. The lowest BCUT2D eigenvalue weighted by atomic mass is 10.3. The highest BCUT2D eigenvalue weighted by Gasteiger charge is 2.21. The highest BCUT2D eigenvalue weighted by Crippen LogP contribution is 2.22. The summed E-state index contributed by atoms with van der Waals surface area (Å²) >= 11 is 7.03. The summed E-state index contributed by atoms with van der Waals surface area (Å²) in [6.07, 6.45) is 3.95. The number of anilines is 3. The van der Waals surface area contributed by atoms with Gasteiger partial charge >= 0.3 is 0 Å². The Morgan fingerprint density at radius 2 is 1.89 bits per heavy atom. The predicted octanol–water partition coefficient (Wildman–Crippen LogP) is 1.60. The Morgan fingerprint density at radius 1 is 1.18 bits per heavy atom. The maximum absolute atomic E-state index is 5.53. The number of quaternary nitrogens is 1. The number of hydrogen-bond acceptors (Lipinski definition) is 6. The minimum absolute atomic E-state index is 0.796. The molecule has 1 aliphatic rings. The molecule has 7 nitrogen and oxygen atoms in total. The van der Waals surface area contributed by atoms with Crippen molar-refractivity contribution in [1.29, 1.82) is 0 Å². The number of aromatic amines is 1. The zero-order valence-electron chi connectivity index (χ0n) is 15.7. The van der Waals surface area contributed by atoms with Crippen molar-refractivity contribution in [3.8, 4) is 5.75 Å². The van der Waals surface area contributed by atoms with Crippen molar-refractivity contribution in [2.45, 2.75) is 6.67 Å². The Hall–Kier alpha value is -2.49. The molecule has 3 heterocycles. The van der Waals surface area contributed by atoms with Gasteiger partial charge < -0.3 is 19.9 Å². The van der Waals surface area contributed by atoms with E-state index in [-0.39, 0.29) is 0 Å². The quantitative estimate of drug-likeness (QED) is 0.598. The van der Waals surface area contributed by atoms with Gasteiger partial charge in [0.2, 0.25) is 5.13 Å². The Labute approximate surface area is 173 Å². The van der Waals surface area contributed by atoms with E-state index < -0.39 is 0 Å². The first-order valence-electron chi connectivity index (χ1n) is 9.25. The number of methoxy groups -OCH3 is 1. The second-order valence-electron chi connectivity index (χ2n) is 6.68. The number of rotatable bonds is 6. The molecule has 146 valence electrons. The van der Waals surface area contributed by atoms with E-state index in [1.807, 2.05) is 41.3 Å². The van der Waals surface area contributed by atoms with Crippen LogP contribution in [0.25, 0.3) is 0 Å². The SMILES string of the molecule is COc1ccc(Nc2nn(C[NH+]3CCN(c4cc[nH+]cc4)CC3)c(=S)s2)cc1. The van der Waals surface area contributed by atoms with Crippen molar-refractivity contribution in [1.82, 2.24) is 9.78 Å². The van der Waals surface area contributed by atoms with Crippen LogP contribution in [0.2, 0.25) is 0 Å². The van der Waals surface area contributed by atoms with Gasteiger partial charge in [0.15, 0.2) is 23.0 Å². The van der Waals surface area contributed by atoms with Crippen LogP contribution >= 0.6 is 23.6 Å². The molecule has 0 spiro atoms. The van der Waals surface area contributed by atoms with Crippen LogP contribution in [0.4, 0.5) is 16.5 Å². The molecule has 0 unspecified atom stereocenters. The molecule has 9 heteroatoms. The van der Waals surface area contributed by atoms with Gasteiger partial charge in [0.1, 0.15) is 5.75 Å². The number of nitrogens with one attached hydrogen (secondary N) is 3. The van der Waals surface area contributed by atoms with E-state index in [0.717, 1.165) is 53.4 Å². The van der Waals surface area contributed by atoms with Crippen molar-refractivity contribution in [3.05, 3.63) is 52.7 Å². The topological polar surface area (TPSA) is 60.9 Å². The van der Waals surface area contributed by atoms with Gasteiger partial charge in [-0.3, -0.25) is 0 Å². The molecule has 0 radical (unpaired) electrons. The molecule has 1 saturated heterocycles. The molecular weight excluding hydrogens is 392 g/mol. The number of benzene rings is 1. The monoisotopic (exact) mass is 416 g/mol. The van der Waals surface area contributed by atoms with Gasteiger partial charge in [-0.1, -0.05) is 11.3 Å². The lowest BCUT2D eigenvalue weighted by Gasteiger charge is -2.33. The van der Waals surface area contributed by atoms with Gasteiger partial charge in [-0.05, 0) is 36.5 Å². The molecule has 0 atom stereocenters. The van der Waals surface area contributed by atoms with E-state index in [0.29, 0.717) is 0 Å². The highest BCUT2D eigenvalue weighted by molar-refractivity contribution is 7.73. The molecule has 0 bridgehead atoms. The van der Waals surface area contributed by atoms with Crippen LogP contribution in [0.3, 0.4) is 0 Å². The first-order valence-corrected chi connectivity index (χ1v) is 10.5. The summed E-state index contributed by atoms with van der Waals surface area (Å²) in [4.78, 5) is 7.00. The van der Waals surface area contributed by atoms with Gasteiger partial charge in [-0.2, -0.15) is 4.68 Å². The zero-order chi connectivity index (χ0) is 19.3. The number of hydrogen-bond donors (Lipinski definition) is 2. The van der Waals surface area contributed by atoms with Crippen LogP contribution in [-0.2, 0) is 6.67 Å². The van der Waals surface area contributed by atoms with Crippen LogP contribution in [0.1, 0.15) is 0 Å². The number of pyridine rings is 1. The molecule has 28 heavy (non-hydrogen) atoms. The first kappa shape index (κ1) is 18.9. The fraction of sp³-hybridized carbons (Fsp3) is 0.316. The average molecular weight is 417 g/mol. The summed E-state index contributed by atoms with van der Waals surface area (Å²) < 4.78 is 7.93. The smallest absolute Gasteiger partial charge is 0.209 e. The van der Waals surface area contributed by atoms with Crippen LogP contribution in [0.15, 0.2) is 48.8 Å². The summed E-state index contributed by atoms with van der Waals surface area (Å²) in [5.74, 6) is 0.833. The maximum Gasteiger partial charge on any atom is 0.209 e. The van der Waals surface area contributed by atoms with E-state index in [9.17, 15) is 0 Å². The third kappa shape index (κ3) is 4.49. The molecule has 4 rings (SSSR count). The number of ether oxygens (including phenoxy) is 1. The minimum atomic E-state index is 0.796. The van der Waals surface area contributed by atoms with Crippen molar-refractivity contribution in [2.75, 3.05) is 43.5 Å². The van der Waals surface area contributed by atoms with Gasteiger partial charge in [-0.15, -0.1) is 5.10 Å². The molecule has 1 aromatic carbocycles. The molecule has 0 aliphatic carbocycles. The van der Waals surface area contributed by atoms with Crippen LogP contribution < -0.4 is 24.8 Å². The molecule has 2 aromatic heterocycles. The second-order valence-corrected chi connectivity index (χ2v) is 8.30. The number of piperazine rings is 1. The van der Waals surface area contributed by atoms with E-state index in [1.165, 1.54) is 21.9 Å². The van der Waals surface area contributed by atoms with Crippen molar-refractivity contribution >= 4 is 40.1 Å². The molecule has 0 amide bonds. The fourth-order valence-electron chi connectivity index (χ4n) is 3.29. The van der Waals surface area contributed by atoms with E-state index in [4.69, 9.17) is 17.0 Å². The van der Waals surface area contributed by atoms with E-state index in [1.54, 1.807) is 7.11 Å². The first-order chi connectivity index (χ1) is 13.7. The lowest BCUT2D eigenvalue weighted by Crippen LogP contribution is -3.14. The van der Waals surface area contributed by atoms with Crippen molar-refractivity contribution < 1.29 is 14.6 Å². The molecule has 1 fully saturated rings. The van der Waals surface area contributed by atoms with E-state index >= 15 is 0 Å². The molecule has 0 saturated carbocycles. The Kier molecular flexibility index (Phi) is 5.84. The third-order valence-electron chi connectivity index (χ3n) is 4.86.